The molecule has 2 atom stereocenters. The highest BCUT2D eigenvalue weighted by Crippen LogP contribution is 2.31. The van der Waals surface area contributed by atoms with E-state index in [9.17, 15) is 0 Å². The second kappa shape index (κ2) is 12.8. The molecular formula is C24H41NO. The molecule has 0 bridgehead atoms. The van der Waals surface area contributed by atoms with E-state index in [4.69, 9.17) is 4.74 Å². The Hall–Kier alpha value is -1.54. The van der Waals surface area contributed by atoms with Crippen LogP contribution in [0.15, 0.2) is 35.6 Å². The van der Waals surface area contributed by atoms with Gasteiger partial charge in [0.2, 0.25) is 0 Å². The van der Waals surface area contributed by atoms with E-state index in [0.29, 0.717) is 12.0 Å². The van der Waals surface area contributed by atoms with E-state index in [1.54, 1.807) is 0 Å². The third-order valence-corrected chi connectivity index (χ3v) is 4.25. The van der Waals surface area contributed by atoms with Crippen molar-refractivity contribution < 1.29 is 4.74 Å². The average molecular weight is 360 g/mol. The normalized spacial score (nSPS) is 16.9. The lowest BCUT2D eigenvalue weighted by atomic mass is 9.97. The lowest BCUT2D eigenvalue weighted by Gasteiger charge is -2.21. The Bertz CT molecular complexity index is 575. The average Bonchev–Trinajstić information content (AvgIpc) is 2.61. The molecule has 1 aromatic rings. The summed E-state index contributed by atoms with van der Waals surface area (Å²) in [5.74, 6) is 2.65. The van der Waals surface area contributed by atoms with Crippen LogP contribution in [-0.2, 0) is 6.42 Å². The summed E-state index contributed by atoms with van der Waals surface area (Å²) in [5.41, 5.74) is 5.10. The summed E-state index contributed by atoms with van der Waals surface area (Å²) in [6.07, 6.45) is 6.49. The zero-order chi connectivity index (χ0) is 20.3. The van der Waals surface area contributed by atoms with E-state index in [2.05, 4.69) is 64.2 Å². The van der Waals surface area contributed by atoms with Crippen LogP contribution in [0.3, 0.4) is 0 Å². The maximum atomic E-state index is 6.25. The summed E-state index contributed by atoms with van der Waals surface area (Å²) in [6.45, 7) is 18.9. The zero-order valence-corrected chi connectivity index (χ0v) is 18.8. The van der Waals surface area contributed by atoms with Gasteiger partial charge in [0.1, 0.15) is 11.5 Å². The number of allylic oxidation sites excluding steroid dienone is 4. The second-order valence-electron chi connectivity index (χ2n) is 6.76. The first-order chi connectivity index (χ1) is 12.4. The van der Waals surface area contributed by atoms with Crippen molar-refractivity contribution >= 4 is 0 Å². The molecule has 0 radical (unpaired) electrons. The molecule has 1 N–H and O–H groups in total. The molecule has 0 amide bonds. The largest absolute Gasteiger partial charge is 0.461 e. The van der Waals surface area contributed by atoms with Crippen molar-refractivity contribution in [2.24, 2.45) is 5.92 Å². The first-order valence-electron chi connectivity index (χ1n) is 10.2. The number of hydrogen-bond acceptors (Lipinski definition) is 2. The fraction of sp³-hybridized carbons (Fsp3) is 0.583. The number of nitrogens with one attached hydrogen (secondary N) is 1. The predicted molar refractivity (Wildman–Crippen MR) is 117 cm³/mol. The van der Waals surface area contributed by atoms with Crippen LogP contribution in [-0.4, -0.2) is 13.1 Å². The van der Waals surface area contributed by atoms with E-state index in [0.717, 1.165) is 24.4 Å². The van der Waals surface area contributed by atoms with Crippen molar-refractivity contribution in [2.45, 2.75) is 81.2 Å². The van der Waals surface area contributed by atoms with Gasteiger partial charge in [0.15, 0.2) is 0 Å². The second-order valence-corrected chi connectivity index (χ2v) is 6.76. The molecule has 0 aliphatic heterocycles. The van der Waals surface area contributed by atoms with Crippen molar-refractivity contribution in [3.05, 3.63) is 52.3 Å². The van der Waals surface area contributed by atoms with Gasteiger partial charge in [0, 0.05) is 12.5 Å². The van der Waals surface area contributed by atoms with E-state index in [1.807, 2.05) is 34.7 Å². The van der Waals surface area contributed by atoms with Crippen molar-refractivity contribution in [3.8, 4) is 5.75 Å². The molecule has 1 aliphatic carbocycles. The van der Waals surface area contributed by atoms with Crippen LogP contribution in [0.1, 0.15) is 71.6 Å². The smallest absolute Gasteiger partial charge is 0.132 e. The zero-order valence-electron chi connectivity index (χ0n) is 18.8. The van der Waals surface area contributed by atoms with Crippen molar-refractivity contribution in [3.63, 3.8) is 0 Å². The van der Waals surface area contributed by atoms with Gasteiger partial charge >= 0.3 is 0 Å². The van der Waals surface area contributed by atoms with Crippen LogP contribution < -0.4 is 10.1 Å². The fourth-order valence-corrected chi connectivity index (χ4v) is 3.16. The molecule has 2 unspecified atom stereocenters. The third kappa shape index (κ3) is 7.78. The Labute approximate surface area is 162 Å². The molecule has 0 spiro atoms. The maximum absolute atomic E-state index is 6.25. The minimum Gasteiger partial charge on any atom is -0.461 e. The Balaban J connectivity index is 0.00000146. The number of hydrogen-bond donors (Lipinski definition) is 1. The quantitative estimate of drug-likeness (QED) is 0.627. The number of aryl methyl sites for hydroxylation is 2. The molecule has 0 aromatic heterocycles. The summed E-state index contributed by atoms with van der Waals surface area (Å²) >= 11 is 0. The molecule has 0 saturated heterocycles. The Morgan fingerprint density at radius 2 is 1.62 bits per heavy atom. The molecule has 26 heavy (non-hydrogen) atoms. The highest BCUT2D eigenvalue weighted by molar-refractivity contribution is 5.45. The molecule has 148 valence electrons. The fourth-order valence-electron chi connectivity index (χ4n) is 3.16. The molecule has 2 nitrogen and oxygen atoms in total. The van der Waals surface area contributed by atoms with Crippen LogP contribution >= 0.6 is 0 Å². The van der Waals surface area contributed by atoms with E-state index >= 15 is 0 Å². The van der Waals surface area contributed by atoms with E-state index in [-0.39, 0.29) is 0 Å². The highest BCUT2D eigenvalue weighted by atomic mass is 16.5. The minimum absolute atomic E-state index is 0.486. The molecule has 1 aliphatic rings. The van der Waals surface area contributed by atoms with Gasteiger partial charge in [0.05, 0.1) is 0 Å². The van der Waals surface area contributed by atoms with Gasteiger partial charge in [-0.1, -0.05) is 58.4 Å². The van der Waals surface area contributed by atoms with E-state index < -0.39 is 0 Å². The third-order valence-electron chi connectivity index (χ3n) is 4.25. The van der Waals surface area contributed by atoms with Crippen LogP contribution in [0, 0.1) is 19.8 Å². The van der Waals surface area contributed by atoms with Gasteiger partial charge in [-0.2, -0.15) is 0 Å². The first kappa shape index (κ1) is 24.5. The predicted octanol–water partition coefficient (Wildman–Crippen LogP) is 6.76. The van der Waals surface area contributed by atoms with Gasteiger partial charge in [-0.25, -0.2) is 0 Å². The lowest BCUT2D eigenvalue weighted by Crippen LogP contribution is -2.23. The monoisotopic (exact) mass is 359 g/mol. The summed E-state index contributed by atoms with van der Waals surface area (Å²) in [4.78, 5) is 0. The van der Waals surface area contributed by atoms with Crippen molar-refractivity contribution in [1.82, 2.24) is 5.32 Å². The standard InChI is InChI=1S/C20H29NO.2C2H6/c1-13-7-14(2)9-19(8-13)22-20-15(3)10-18(11-16(20)4)12-17(5)21-6;2*1-2/h7-8,10-11,14,17,21H,9,12H2,1-6H3;2*1-2H3. The highest BCUT2D eigenvalue weighted by Gasteiger charge is 2.15. The molecular weight excluding hydrogens is 318 g/mol. The van der Waals surface area contributed by atoms with Gasteiger partial charge in [-0.3, -0.25) is 0 Å². The summed E-state index contributed by atoms with van der Waals surface area (Å²) in [5, 5.41) is 3.30. The molecule has 0 fully saturated rings. The molecule has 2 rings (SSSR count). The number of rotatable bonds is 5. The van der Waals surface area contributed by atoms with Crippen molar-refractivity contribution in [2.75, 3.05) is 7.05 Å². The number of likely N-dealkylation sites (N-methyl/N-ethyl adjacent to an activating group) is 1. The maximum Gasteiger partial charge on any atom is 0.132 e. The topological polar surface area (TPSA) is 21.3 Å². The van der Waals surface area contributed by atoms with E-state index in [1.165, 1.54) is 22.3 Å². The SMILES string of the molecule is CC.CC.CNC(C)Cc1cc(C)c(OC2=CC(C)=CC(C)C2)c(C)c1. The summed E-state index contributed by atoms with van der Waals surface area (Å²) in [7, 11) is 2.01. The van der Waals surface area contributed by atoms with Crippen molar-refractivity contribution in [1.29, 1.82) is 0 Å². The molecule has 1 aromatic carbocycles. The minimum atomic E-state index is 0.486. The first-order valence-corrected chi connectivity index (χ1v) is 10.2. The molecule has 0 heterocycles. The summed E-state index contributed by atoms with van der Waals surface area (Å²) < 4.78 is 6.25. The lowest BCUT2D eigenvalue weighted by molar-refractivity contribution is 0.378. The van der Waals surface area contributed by atoms with Crippen LogP contribution in [0.25, 0.3) is 0 Å². The number of benzene rings is 1. The van der Waals surface area contributed by atoms with Crippen LogP contribution in [0.2, 0.25) is 0 Å². The molecule has 2 heteroatoms. The summed E-state index contributed by atoms with van der Waals surface area (Å²) in [6, 6.07) is 5.00. The van der Waals surface area contributed by atoms with Crippen LogP contribution in [0.5, 0.6) is 5.75 Å². The molecule has 0 saturated carbocycles. The van der Waals surface area contributed by atoms with Gasteiger partial charge in [0.25, 0.3) is 0 Å². The van der Waals surface area contributed by atoms with Gasteiger partial charge in [-0.05, 0) is 69.8 Å². The Morgan fingerprint density at radius 1 is 1.08 bits per heavy atom. The Kier molecular flexibility index (Phi) is 12.0. The Morgan fingerprint density at radius 3 is 2.08 bits per heavy atom. The van der Waals surface area contributed by atoms with Crippen LogP contribution in [0.4, 0.5) is 0 Å². The number of ether oxygens (including phenoxy) is 1. The van der Waals surface area contributed by atoms with Gasteiger partial charge < -0.3 is 10.1 Å². The van der Waals surface area contributed by atoms with Gasteiger partial charge in [-0.15, -0.1) is 0 Å².